The summed E-state index contributed by atoms with van der Waals surface area (Å²) in [6, 6.07) is 10.6. The van der Waals surface area contributed by atoms with E-state index in [1.165, 1.54) is 0 Å². The van der Waals surface area contributed by atoms with Crippen LogP contribution in [-0.2, 0) is 0 Å². The van der Waals surface area contributed by atoms with E-state index in [9.17, 15) is 4.79 Å². The molecule has 0 saturated heterocycles. The molecule has 0 aliphatic rings. The molecule has 1 aromatic heterocycles. The summed E-state index contributed by atoms with van der Waals surface area (Å²) < 4.78 is 0. The molecule has 0 radical (unpaired) electrons. The number of hydrogen-bond acceptors (Lipinski definition) is 3. The second-order valence-electron chi connectivity index (χ2n) is 4.06. The molecule has 0 aliphatic carbocycles. The number of nitrogens with one attached hydrogen (secondary N) is 1. The Bertz CT molecular complexity index is 594. The first-order chi connectivity index (χ1) is 8.58. The van der Waals surface area contributed by atoms with E-state index in [4.69, 9.17) is 5.11 Å². The highest BCUT2D eigenvalue weighted by atomic mass is 16.4. The van der Waals surface area contributed by atoms with Crippen molar-refractivity contribution < 1.29 is 9.90 Å². The highest BCUT2D eigenvalue weighted by Gasteiger charge is 2.10. The molecule has 0 bridgehead atoms. The van der Waals surface area contributed by atoms with Crippen LogP contribution in [0.3, 0.4) is 0 Å². The Morgan fingerprint density at radius 3 is 2.50 bits per heavy atom. The number of benzene rings is 1. The number of carboxylic acids is 1. The second kappa shape index (κ2) is 4.87. The first-order valence-electron chi connectivity index (χ1n) is 5.61. The summed E-state index contributed by atoms with van der Waals surface area (Å²) in [4.78, 5) is 15.4. The summed E-state index contributed by atoms with van der Waals surface area (Å²) >= 11 is 0. The predicted molar refractivity (Wildman–Crippen MR) is 70.4 cm³/mol. The lowest BCUT2D eigenvalue weighted by Gasteiger charge is -2.11. The topological polar surface area (TPSA) is 62.2 Å². The van der Waals surface area contributed by atoms with Gasteiger partial charge >= 0.3 is 5.97 Å². The van der Waals surface area contributed by atoms with Gasteiger partial charge in [0.2, 0.25) is 0 Å². The van der Waals surface area contributed by atoms with Crippen LogP contribution in [0.4, 0.5) is 11.4 Å². The Morgan fingerprint density at radius 2 is 1.83 bits per heavy atom. The van der Waals surface area contributed by atoms with Gasteiger partial charge in [0.05, 0.1) is 22.6 Å². The molecule has 92 valence electrons. The fourth-order valence-electron chi connectivity index (χ4n) is 1.74. The Hall–Kier alpha value is -2.36. The highest BCUT2D eigenvalue weighted by Crippen LogP contribution is 2.22. The smallest absolute Gasteiger partial charge is 0.337 e. The molecule has 2 N–H and O–H groups in total. The van der Waals surface area contributed by atoms with Gasteiger partial charge in [-0.15, -0.1) is 0 Å². The fourth-order valence-corrected chi connectivity index (χ4v) is 1.74. The highest BCUT2D eigenvalue weighted by molar-refractivity contribution is 5.95. The number of anilines is 2. The second-order valence-corrected chi connectivity index (χ2v) is 4.06. The maximum absolute atomic E-state index is 11.1. The van der Waals surface area contributed by atoms with Gasteiger partial charge in [0.15, 0.2) is 0 Å². The molecule has 0 atom stereocenters. The summed E-state index contributed by atoms with van der Waals surface area (Å²) in [5.74, 6) is -0.948. The van der Waals surface area contributed by atoms with E-state index >= 15 is 0 Å². The molecule has 0 saturated carbocycles. The number of carboxylic acid groups (broad SMARTS) is 1. The Labute approximate surface area is 105 Å². The van der Waals surface area contributed by atoms with Crippen molar-refractivity contribution in [3.8, 4) is 0 Å². The third-order valence-corrected chi connectivity index (χ3v) is 2.65. The van der Waals surface area contributed by atoms with Crippen LogP contribution >= 0.6 is 0 Å². The van der Waals surface area contributed by atoms with E-state index in [2.05, 4.69) is 10.3 Å². The van der Waals surface area contributed by atoms with Crippen LogP contribution in [0.15, 0.2) is 36.4 Å². The third-order valence-electron chi connectivity index (χ3n) is 2.65. The maximum atomic E-state index is 11.1. The Kier molecular flexibility index (Phi) is 3.28. The fraction of sp³-hybridized carbons (Fsp3) is 0.143. The van der Waals surface area contributed by atoms with Gasteiger partial charge in [0.1, 0.15) is 0 Å². The van der Waals surface area contributed by atoms with Crippen LogP contribution in [-0.4, -0.2) is 16.1 Å². The molecular weight excluding hydrogens is 228 g/mol. The van der Waals surface area contributed by atoms with Gasteiger partial charge in [0.25, 0.3) is 0 Å². The van der Waals surface area contributed by atoms with Gasteiger partial charge in [0, 0.05) is 5.69 Å². The summed E-state index contributed by atoms with van der Waals surface area (Å²) in [6.45, 7) is 3.81. The molecule has 1 aromatic carbocycles. The lowest BCUT2D eigenvalue weighted by Crippen LogP contribution is -2.03. The zero-order valence-electron chi connectivity index (χ0n) is 10.3. The molecule has 18 heavy (non-hydrogen) atoms. The van der Waals surface area contributed by atoms with Crippen molar-refractivity contribution in [3.63, 3.8) is 0 Å². The number of nitrogens with zero attached hydrogens (tertiary/aromatic N) is 1. The van der Waals surface area contributed by atoms with Crippen LogP contribution in [0.25, 0.3) is 0 Å². The van der Waals surface area contributed by atoms with Crippen LogP contribution in [0.1, 0.15) is 21.7 Å². The number of aromatic carboxylic acids is 1. The van der Waals surface area contributed by atoms with Crippen LogP contribution in [0, 0.1) is 13.8 Å². The summed E-state index contributed by atoms with van der Waals surface area (Å²) in [7, 11) is 0. The normalized spacial score (nSPS) is 10.1. The SMILES string of the molecule is Cc1ccc(Nc2ccccc2C(=O)O)c(C)n1. The molecule has 1 heterocycles. The van der Waals surface area contributed by atoms with Crippen LogP contribution in [0.5, 0.6) is 0 Å². The molecule has 4 nitrogen and oxygen atoms in total. The van der Waals surface area contributed by atoms with Gasteiger partial charge in [-0.25, -0.2) is 4.79 Å². The van der Waals surface area contributed by atoms with Crippen molar-refractivity contribution >= 4 is 17.3 Å². The standard InChI is InChI=1S/C14H14N2O2/c1-9-7-8-12(10(2)15-9)16-13-6-4-3-5-11(13)14(17)18/h3-8,16H,1-2H3,(H,17,18). The van der Waals surface area contributed by atoms with Gasteiger partial charge in [-0.05, 0) is 38.1 Å². The number of aryl methyl sites for hydroxylation is 2. The van der Waals surface area contributed by atoms with Gasteiger partial charge in [-0.2, -0.15) is 0 Å². The number of hydrogen-bond donors (Lipinski definition) is 2. The van der Waals surface area contributed by atoms with Crippen molar-refractivity contribution in [2.24, 2.45) is 0 Å². The van der Waals surface area contributed by atoms with Crippen LogP contribution in [0.2, 0.25) is 0 Å². The molecule has 0 fully saturated rings. The predicted octanol–water partition coefficient (Wildman–Crippen LogP) is 3.14. The molecule has 0 unspecified atom stereocenters. The molecule has 2 aromatic rings. The van der Waals surface area contributed by atoms with E-state index in [1.807, 2.05) is 26.0 Å². The average molecular weight is 242 g/mol. The summed E-state index contributed by atoms with van der Waals surface area (Å²) in [6.07, 6.45) is 0. The molecule has 0 aliphatic heterocycles. The third kappa shape index (κ3) is 2.48. The average Bonchev–Trinajstić information content (AvgIpc) is 2.33. The molecule has 0 spiro atoms. The largest absolute Gasteiger partial charge is 0.478 e. The first-order valence-corrected chi connectivity index (χ1v) is 5.61. The summed E-state index contributed by atoms with van der Waals surface area (Å²) in [5, 5.41) is 12.2. The van der Waals surface area contributed by atoms with E-state index < -0.39 is 5.97 Å². The van der Waals surface area contributed by atoms with Crippen LogP contribution < -0.4 is 5.32 Å². The Balaban J connectivity index is 2.37. The first kappa shape index (κ1) is 12.1. The Morgan fingerprint density at radius 1 is 1.11 bits per heavy atom. The minimum Gasteiger partial charge on any atom is -0.478 e. The van der Waals surface area contributed by atoms with Crippen molar-refractivity contribution in [3.05, 3.63) is 53.3 Å². The van der Waals surface area contributed by atoms with Gasteiger partial charge in [-0.3, -0.25) is 4.98 Å². The lowest BCUT2D eigenvalue weighted by atomic mass is 10.1. The quantitative estimate of drug-likeness (QED) is 0.868. The minimum absolute atomic E-state index is 0.248. The molecule has 4 heteroatoms. The van der Waals surface area contributed by atoms with E-state index in [1.54, 1.807) is 24.3 Å². The van der Waals surface area contributed by atoms with E-state index in [-0.39, 0.29) is 5.56 Å². The van der Waals surface area contributed by atoms with E-state index in [0.717, 1.165) is 17.1 Å². The van der Waals surface area contributed by atoms with E-state index in [0.29, 0.717) is 5.69 Å². The van der Waals surface area contributed by atoms with Crippen molar-refractivity contribution in [1.82, 2.24) is 4.98 Å². The maximum Gasteiger partial charge on any atom is 0.337 e. The number of aromatic nitrogens is 1. The van der Waals surface area contributed by atoms with Gasteiger partial charge < -0.3 is 10.4 Å². The monoisotopic (exact) mass is 242 g/mol. The van der Waals surface area contributed by atoms with Crippen molar-refractivity contribution in [2.75, 3.05) is 5.32 Å². The summed E-state index contributed by atoms with van der Waals surface area (Å²) in [5.41, 5.74) is 3.41. The number of rotatable bonds is 3. The zero-order chi connectivity index (χ0) is 13.1. The number of para-hydroxylation sites is 1. The lowest BCUT2D eigenvalue weighted by molar-refractivity contribution is 0.0698. The molecule has 2 rings (SSSR count). The number of carbonyl (C=O) groups is 1. The number of pyridine rings is 1. The molecular formula is C14H14N2O2. The molecule has 0 amide bonds. The van der Waals surface area contributed by atoms with Crippen molar-refractivity contribution in [2.45, 2.75) is 13.8 Å². The minimum atomic E-state index is -0.948. The van der Waals surface area contributed by atoms with Gasteiger partial charge in [-0.1, -0.05) is 12.1 Å². The zero-order valence-corrected chi connectivity index (χ0v) is 10.3. The van der Waals surface area contributed by atoms with Crippen molar-refractivity contribution in [1.29, 1.82) is 0 Å².